The maximum absolute atomic E-state index is 12.7. The summed E-state index contributed by atoms with van der Waals surface area (Å²) in [5.74, 6) is 0.880. The molecule has 0 unspecified atom stereocenters. The average Bonchev–Trinajstić information content (AvgIpc) is 2.89. The third kappa shape index (κ3) is 8.32. The van der Waals surface area contributed by atoms with E-state index in [1.807, 2.05) is 0 Å². The fourth-order valence-electron chi connectivity index (χ4n) is 3.71. The van der Waals surface area contributed by atoms with Crippen LogP contribution in [0.2, 0.25) is 0 Å². The zero-order valence-electron chi connectivity index (χ0n) is 21.0. The van der Waals surface area contributed by atoms with Gasteiger partial charge in [-0.05, 0) is 55.0 Å². The summed E-state index contributed by atoms with van der Waals surface area (Å²) in [4.78, 5) is 12.4. The summed E-state index contributed by atoms with van der Waals surface area (Å²) in [7, 11) is -5.55. The lowest BCUT2D eigenvalue weighted by Crippen LogP contribution is -2.40. The lowest BCUT2D eigenvalue weighted by molar-refractivity contribution is -0.121. The van der Waals surface area contributed by atoms with Crippen LogP contribution < -0.4 is 19.1 Å². The number of methoxy groups -OCH3 is 1. The van der Waals surface area contributed by atoms with Crippen molar-refractivity contribution >= 4 is 31.6 Å². The molecule has 1 saturated heterocycles. The molecule has 1 N–H and O–H groups in total. The molecule has 204 valence electrons. The van der Waals surface area contributed by atoms with Gasteiger partial charge in [0.05, 0.1) is 43.7 Å². The highest BCUT2D eigenvalue weighted by molar-refractivity contribution is 7.92. The molecular formula is C24H33N3O8S2. The average molecular weight is 556 g/mol. The molecule has 1 heterocycles. The lowest BCUT2D eigenvalue weighted by atomic mass is 10.2. The molecule has 37 heavy (non-hydrogen) atoms. The number of hydrogen-bond donors (Lipinski definition) is 1. The molecule has 1 amide bonds. The largest absolute Gasteiger partial charge is 0.497 e. The minimum atomic E-state index is -3.57. The van der Waals surface area contributed by atoms with Crippen LogP contribution in [0, 0.1) is 0 Å². The molecule has 2 aromatic rings. The minimum Gasteiger partial charge on any atom is -0.497 e. The zero-order valence-corrected chi connectivity index (χ0v) is 22.6. The van der Waals surface area contributed by atoms with E-state index < -0.39 is 20.0 Å². The van der Waals surface area contributed by atoms with Gasteiger partial charge in [0, 0.05) is 26.1 Å². The summed E-state index contributed by atoms with van der Waals surface area (Å²) >= 11 is 0. The highest BCUT2D eigenvalue weighted by Crippen LogP contribution is 2.22. The van der Waals surface area contributed by atoms with Gasteiger partial charge in [0.15, 0.2) is 0 Å². The van der Waals surface area contributed by atoms with Crippen LogP contribution in [0.4, 0.5) is 5.69 Å². The number of nitrogens with one attached hydrogen (secondary N) is 1. The maximum Gasteiger partial charge on any atom is 0.243 e. The topological polar surface area (TPSA) is 132 Å². The van der Waals surface area contributed by atoms with Crippen molar-refractivity contribution in [1.29, 1.82) is 0 Å². The number of carbonyl (C=O) groups is 1. The summed E-state index contributed by atoms with van der Waals surface area (Å²) in [5.41, 5.74) is 0.501. The van der Waals surface area contributed by atoms with Crippen molar-refractivity contribution in [2.45, 2.75) is 17.7 Å². The summed E-state index contributed by atoms with van der Waals surface area (Å²) in [6.07, 6.45) is 1.61. The molecular weight excluding hydrogens is 522 g/mol. The minimum absolute atomic E-state index is 0.149. The number of sulfonamides is 2. The van der Waals surface area contributed by atoms with Gasteiger partial charge in [0.1, 0.15) is 18.1 Å². The second-order valence-corrected chi connectivity index (χ2v) is 12.2. The number of ether oxygens (including phenoxy) is 3. The van der Waals surface area contributed by atoms with E-state index in [4.69, 9.17) is 14.2 Å². The number of carbonyl (C=O) groups excluding carboxylic acids is 1. The number of morpholine rings is 1. The number of amides is 1. The summed E-state index contributed by atoms with van der Waals surface area (Å²) in [6.45, 7) is 2.02. The van der Waals surface area contributed by atoms with E-state index >= 15 is 0 Å². The van der Waals surface area contributed by atoms with Crippen molar-refractivity contribution < 1.29 is 35.8 Å². The van der Waals surface area contributed by atoms with Crippen molar-refractivity contribution in [1.82, 2.24) is 9.62 Å². The Morgan fingerprint density at radius 3 is 2.22 bits per heavy atom. The first kappa shape index (κ1) is 28.7. The van der Waals surface area contributed by atoms with E-state index in [9.17, 15) is 21.6 Å². The van der Waals surface area contributed by atoms with Gasteiger partial charge >= 0.3 is 0 Å². The molecule has 1 aliphatic rings. The molecule has 11 nitrogen and oxygen atoms in total. The van der Waals surface area contributed by atoms with E-state index in [1.165, 1.54) is 27.9 Å². The molecule has 2 aromatic carbocycles. The highest BCUT2D eigenvalue weighted by atomic mass is 32.2. The van der Waals surface area contributed by atoms with Gasteiger partial charge in [-0.25, -0.2) is 16.8 Å². The lowest BCUT2D eigenvalue weighted by Gasteiger charge is -2.26. The quantitative estimate of drug-likeness (QED) is 0.368. The molecule has 0 bridgehead atoms. The van der Waals surface area contributed by atoms with E-state index in [0.29, 0.717) is 49.9 Å². The fraction of sp³-hybridized carbons (Fsp3) is 0.458. The Hall–Kier alpha value is -2.87. The smallest absolute Gasteiger partial charge is 0.243 e. The van der Waals surface area contributed by atoms with Crippen molar-refractivity contribution in [3.05, 3.63) is 48.5 Å². The van der Waals surface area contributed by atoms with Crippen molar-refractivity contribution in [3.63, 3.8) is 0 Å². The van der Waals surface area contributed by atoms with Gasteiger partial charge < -0.3 is 19.5 Å². The molecule has 1 fully saturated rings. The van der Waals surface area contributed by atoms with Crippen LogP contribution in [-0.4, -0.2) is 86.4 Å². The molecule has 0 atom stereocenters. The Bertz CT molecular complexity index is 1230. The van der Waals surface area contributed by atoms with Crippen LogP contribution in [0.3, 0.4) is 0 Å². The second-order valence-electron chi connectivity index (χ2n) is 8.32. The van der Waals surface area contributed by atoms with E-state index in [2.05, 4.69) is 5.32 Å². The van der Waals surface area contributed by atoms with Gasteiger partial charge in [-0.2, -0.15) is 4.31 Å². The Balaban J connectivity index is 1.40. The monoisotopic (exact) mass is 555 g/mol. The Morgan fingerprint density at radius 2 is 1.62 bits per heavy atom. The van der Waals surface area contributed by atoms with Crippen LogP contribution in [-0.2, 0) is 29.6 Å². The predicted molar refractivity (Wildman–Crippen MR) is 139 cm³/mol. The molecule has 3 rings (SSSR count). The fourth-order valence-corrected chi connectivity index (χ4v) is 6.08. The van der Waals surface area contributed by atoms with Crippen LogP contribution in [0.15, 0.2) is 53.4 Å². The molecule has 0 radical (unpaired) electrons. The summed E-state index contributed by atoms with van der Waals surface area (Å²) < 4.78 is 68.3. The maximum atomic E-state index is 12.7. The van der Waals surface area contributed by atoms with Crippen molar-refractivity contribution in [3.8, 4) is 11.5 Å². The first-order chi connectivity index (χ1) is 17.6. The number of nitrogens with zero attached hydrogens (tertiary/aromatic N) is 2. The second kappa shape index (κ2) is 13.1. The Kier molecular flexibility index (Phi) is 10.1. The van der Waals surface area contributed by atoms with Gasteiger partial charge in [-0.3, -0.25) is 9.10 Å². The third-order valence-corrected chi connectivity index (χ3v) is 8.76. The number of anilines is 1. The molecule has 0 aromatic heterocycles. The number of rotatable bonds is 13. The normalized spacial score (nSPS) is 14.6. The van der Waals surface area contributed by atoms with Gasteiger partial charge in [0.2, 0.25) is 26.0 Å². The van der Waals surface area contributed by atoms with E-state index in [1.54, 1.807) is 36.4 Å². The van der Waals surface area contributed by atoms with Crippen LogP contribution in [0.25, 0.3) is 0 Å². The summed E-state index contributed by atoms with van der Waals surface area (Å²) in [5, 5.41) is 2.74. The first-order valence-electron chi connectivity index (χ1n) is 11.8. The number of hydrogen-bond acceptors (Lipinski definition) is 8. The molecule has 0 saturated carbocycles. The zero-order chi connectivity index (χ0) is 26.9. The SMILES string of the molecule is COc1ccc(N(CCCC(=O)NCCOc2ccc(S(=O)(=O)N3CCOCC3)cc2)S(C)(=O)=O)cc1. The predicted octanol–water partition coefficient (Wildman–Crippen LogP) is 1.46. The Morgan fingerprint density at radius 1 is 1.00 bits per heavy atom. The summed E-state index contributed by atoms with van der Waals surface area (Å²) in [6, 6.07) is 12.8. The molecule has 0 spiro atoms. The van der Waals surface area contributed by atoms with Gasteiger partial charge in [-0.1, -0.05) is 0 Å². The van der Waals surface area contributed by atoms with Gasteiger partial charge in [0.25, 0.3) is 0 Å². The Labute approximate surface area is 218 Å². The first-order valence-corrected chi connectivity index (χ1v) is 15.1. The third-order valence-electron chi connectivity index (χ3n) is 5.65. The molecule has 13 heteroatoms. The van der Waals surface area contributed by atoms with Crippen LogP contribution in [0.5, 0.6) is 11.5 Å². The highest BCUT2D eigenvalue weighted by Gasteiger charge is 2.26. The standard InChI is InChI=1S/C24H33N3O8S2/c1-33-21-7-5-20(6-8-21)27(36(2,29)30)14-3-4-24(28)25-13-17-35-22-9-11-23(12-10-22)37(31,32)26-15-18-34-19-16-26/h5-12H,3-4,13-19H2,1-2H3,(H,25,28). The molecule has 1 aliphatic heterocycles. The van der Waals surface area contributed by atoms with Crippen LogP contribution >= 0.6 is 0 Å². The van der Waals surface area contributed by atoms with Gasteiger partial charge in [-0.15, -0.1) is 0 Å². The van der Waals surface area contributed by atoms with Crippen molar-refractivity contribution in [2.24, 2.45) is 0 Å². The number of benzene rings is 2. The molecule has 0 aliphatic carbocycles. The van der Waals surface area contributed by atoms with E-state index in [-0.39, 0.29) is 36.9 Å². The van der Waals surface area contributed by atoms with Crippen molar-refractivity contribution in [2.75, 3.05) is 63.7 Å². The van der Waals surface area contributed by atoms with E-state index in [0.717, 1.165) is 6.26 Å². The van der Waals surface area contributed by atoms with Crippen LogP contribution in [0.1, 0.15) is 12.8 Å².